The van der Waals surface area contributed by atoms with Crippen LogP contribution in [-0.4, -0.2) is 43.1 Å². The normalized spacial score (nSPS) is 10.3. The number of nitrogen functional groups attached to an aromatic ring is 1. The van der Waals surface area contributed by atoms with Crippen LogP contribution in [0.3, 0.4) is 0 Å². The molecule has 4 N–H and O–H groups in total. The highest BCUT2D eigenvalue weighted by atomic mass is 16.5. The summed E-state index contributed by atoms with van der Waals surface area (Å²) in [4.78, 5) is 12.2. The Balaban J connectivity index is 1.86. The number of rotatable bonds is 8. The highest BCUT2D eigenvalue weighted by Gasteiger charge is 2.05. The summed E-state index contributed by atoms with van der Waals surface area (Å²) >= 11 is 0. The molecule has 0 amide bonds. The minimum absolute atomic E-state index is 0.231. The van der Waals surface area contributed by atoms with E-state index in [4.69, 9.17) is 10.6 Å². The molecule has 20 heavy (non-hydrogen) atoms. The van der Waals surface area contributed by atoms with E-state index in [9.17, 15) is 0 Å². The second kappa shape index (κ2) is 7.19. The van der Waals surface area contributed by atoms with Crippen LogP contribution in [-0.2, 0) is 6.54 Å². The van der Waals surface area contributed by atoms with E-state index in [1.807, 2.05) is 13.1 Å². The number of nitrogens with zero attached hydrogens (tertiary/aromatic N) is 6. The Bertz CT molecular complexity index is 515. The first kappa shape index (κ1) is 13.9. The quantitative estimate of drug-likeness (QED) is 0.337. The Morgan fingerprint density at radius 2 is 2.15 bits per heavy atom. The van der Waals surface area contributed by atoms with Crippen molar-refractivity contribution in [2.45, 2.75) is 19.9 Å². The summed E-state index contributed by atoms with van der Waals surface area (Å²) in [7, 11) is 0. The van der Waals surface area contributed by atoms with E-state index in [1.54, 1.807) is 10.9 Å². The van der Waals surface area contributed by atoms with Crippen LogP contribution >= 0.6 is 0 Å². The lowest BCUT2D eigenvalue weighted by Crippen LogP contribution is -2.15. The Morgan fingerprint density at radius 3 is 2.85 bits per heavy atom. The number of aryl methyl sites for hydroxylation is 1. The molecular weight excluding hydrogens is 262 g/mol. The number of aromatic nitrogens is 6. The molecule has 0 unspecified atom stereocenters. The summed E-state index contributed by atoms with van der Waals surface area (Å²) in [5.41, 5.74) is 2.37. The average Bonchev–Trinajstić information content (AvgIpc) is 2.97. The molecule has 0 bridgehead atoms. The number of anilines is 2. The van der Waals surface area contributed by atoms with Crippen LogP contribution in [0.25, 0.3) is 0 Å². The molecule has 0 saturated carbocycles. The van der Waals surface area contributed by atoms with Crippen molar-refractivity contribution in [3.05, 3.63) is 12.4 Å². The third-order valence-corrected chi connectivity index (χ3v) is 2.34. The third-order valence-electron chi connectivity index (χ3n) is 2.34. The van der Waals surface area contributed by atoms with Crippen molar-refractivity contribution in [3.63, 3.8) is 0 Å². The molecule has 2 heterocycles. The van der Waals surface area contributed by atoms with Gasteiger partial charge in [0.05, 0.1) is 12.8 Å². The van der Waals surface area contributed by atoms with Crippen molar-refractivity contribution in [3.8, 4) is 6.01 Å². The van der Waals surface area contributed by atoms with Crippen LogP contribution in [0.4, 0.5) is 11.9 Å². The molecule has 0 aliphatic heterocycles. The topological polar surface area (TPSA) is 129 Å². The van der Waals surface area contributed by atoms with Gasteiger partial charge in [-0.15, -0.1) is 5.10 Å². The maximum absolute atomic E-state index is 5.30. The number of nitrogens with one attached hydrogen (secondary N) is 2. The molecule has 0 fully saturated rings. The van der Waals surface area contributed by atoms with Crippen LogP contribution in [0.2, 0.25) is 0 Å². The van der Waals surface area contributed by atoms with Gasteiger partial charge in [-0.25, -0.2) is 5.84 Å². The lowest BCUT2D eigenvalue weighted by molar-refractivity contribution is 0.312. The molecule has 2 rings (SSSR count). The zero-order valence-electron chi connectivity index (χ0n) is 11.2. The van der Waals surface area contributed by atoms with Gasteiger partial charge >= 0.3 is 6.01 Å². The van der Waals surface area contributed by atoms with Gasteiger partial charge in [0.25, 0.3) is 0 Å². The number of ether oxygens (including phenoxy) is 1. The molecule has 2 aromatic rings. The third kappa shape index (κ3) is 4.02. The highest BCUT2D eigenvalue weighted by molar-refractivity contribution is 5.34. The second-order valence-electron chi connectivity index (χ2n) is 3.79. The first-order valence-corrected chi connectivity index (χ1v) is 6.25. The van der Waals surface area contributed by atoms with Crippen molar-refractivity contribution in [1.82, 2.24) is 29.9 Å². The fourth-order valence-electron chi connectivity index (χ4n) is 1.49. The van der Waals surface area contributed by atoms with E-state index in [2.05, 4.69) is 36.0 Å². The van der Waals surface area contributed by atoms with E-state index < -0.39 is 0 Å². The molecule has 0 aliphatic carbocycles. The fraction of sp³-hybridized carbons (Fsp3) is 0.500. The van der Waals surface area contributed by atoms with Crippen molar-refractivity contribution >= 4 is 11.9 Å². The predicted octanol–water partition coefficient (Wildman–Crippen LogP) is -0.350. The molecule has 0 aliphatic rings. The molecule has 10 heteroatoms. The Kier molecular flexibility index (Phi) is 5.00. The van der Waals surface area contributed by atoms with Crippen LogP contribution in [0.1, 0.15) is 13.3 Å². The van der Waals surface area contributed by atoms with Gasteiger partial charge in [-0.2, -0.15) is 15.0 Å². The Hall–Kier alpha value is -2.49. The Morgan fingerprint density at radius 1 is 1.30 bits per heavy atom. The first-order valence-electron chi connectivity index (χ1n) is 6.25. The van der Waals surface area contributed by atoms with E-state index >= 15 is 0 Å². The minimum atomic E-state index is 0.231. The van der Waals surface area contributed by atoms with Gasteiger partial charge in [-0.3, -0.25) is 10.1 Å². The smallest absolute Gasteiger partial charge is 0.323 e. The summed E-state index contributed by atoms with van der Waals surface area (Å²) in [6.07, 6.45) is 4.31. The molecule has 108 valence electrons. The van der Waals surface area contributed by atoms with Gasteiger partial charge in [0, 0.05) is 19.3 Å². The van der Waals surface area contributed by atoms with Gasteiger partial charge in [-0.05, 0) is 13.3 Å². The van der Waals surface area contributed by atoms with E-state index in [0.717, 1.165) is 13.0 Å². The van der Waals surface area contributed by atoms with Crippen LogP contribution in [0.15, 0.2) is 12.4 Å². The summed E-state index contributed by atoms with van der Waals surface area (Å²) in [6, 6.07) is 0.231. The molecule has 0 spiro atoms. The number of nitrogens with two attached hydrogens (primary N) is 1. The molecule has 2 aromatic heterocycles. The minimum Gasteiger partial charge on any atom is -0.464 e. The lowest BCUT2D eigenvalue weighted by atomic mass is 10.4. The number of hydrogen-bond acceptors (Lipinski definition) is 9. The number of hydrogen-bond donors (Lipinski definition) is 3. The predicted molar refractivity (Wildman–Crippen MR) is 71.9 cm³/mol. The molecule has 0 atom stereocenters. The largest absolute Gasteiger partial charge is 0.464 e. The van der Waals surface area contributed by atoms with Crippen LogP contribution < -0.4 is 21.3 Å². The van der Waals surface area contributed by atoms with E-state index in [1.165, 1.54) is 0 Å². The van der Waals surface area contributed by atoms with E-state index in [-0.39, 0.29) is 12.0 Å². The standard InChI is InChI=1S/C10H17N9O/c1-2-20-10-15-8(14-9(16-10)17-11)12-4-3-6-19-7-5-13-18-19/h5,7H,2-4,6,11H2,1H3,(H2,12,14,15,16,17). The number of hydrazine groups is 1. The van der Waals surface area contributed by atoms with E-state index in [0.29, 0.717) is 19.1 Å². The summed E-state index contributed by atoms with van der Waals surface area (Å²) in [6.45, 7) is 3.77. The fourth-order valence-corrected chi connectivity index (χ4v) is 1.49. The van der Waals surface area contributed by atoms with Gasteiger partial charge in [-0.1, -0.05) is 5.21 Å². The lowest BCUT2D eigenvalue weighted by Gasteiger charge is -2.08. The van der Waals surface area contributed by atoms with Crippen molar-refractivity contribution in [1.29, 1.82) is 0 Å². The summed E-state index contributed by atoms with van der Waals surface area (Å²) < 4.78 is 6.99. The molecule has 0 saturated heterocycles. The maximum Gasteiger partial charge on any atom is 0.323 e. The van der Waals surface area contributed by atoms with Crippen molar-refractivity contribution in [2.24, 2.45) is 5.84 Å². The van der Waals surface area contributed by atoms with Gasteiger partial charge in [0.2, 0.25) is 11.9 Å². The average molecular weight is 279 g/mol. The summed E-state index contributed by atoms with van der Waals surface area (Å²) in [5, 5.41) is 10.7. The molecule has 0 aromatic carbocycles. The van der Waals surface area contributed by atoms with Crippen LogP contribution in [0.5, 0.6) is 6.01 Å². The Labute approximate surface area is 115 Å². The second-order valence-corrected chi connectivity index (χ2v) is 3.79. The highest BCUT2D eigenvalue weighted by Crippen LogP contribution is 2.10. The zero-order valence-corrected chi connectivity index (χ0v) is 11.2. The van der Waals surface area contributed by atoms with Gasteiger partial charge in [0.1, 0.15) is 0 Å². The van der Waals surface area contributed by atoms with Gasteiger partial charge in [0.15, 0.2) is 0 Å². The van der Waals surface area contributed by atoms with Crippen molar-refractivity contribution in [2.75, 3.05) is 23.9 Å². The van der Waals surface area contributed by atoms with Gasteiger partial charge < -0.3 is 10.1 Å². The summed E-state index contributed by atoms with van der Waals surface area (Å²) in [5.74, 6) is 5.96. The monoisotopic (exact) mass is 279 g/mol. The first-order chi connectivity index (χ1) is 9.81. The molecule has 0 radical (unpaired) electrons. The molecule has 10 nitrogen and oxygen atoms in total. The zero-order chi connectivity index (χ0) is 14.2. The SMILES string of the molecule is CCOc1nc(NN)nc(NCCCn2ccnn2)n1. The van der Waals surface area contributed by atoms with Crippen molar-refractivity contribution < 1.29 is 4.74 Å². The maximum atomic E-state index is 5.30. The van der Waals surface area contributed by atoms with Crippen LogP contribution in [0, 0.1) is 0 Å². The molecular formula is C10H17N9O.